The molecule has 0 saturated carbocycles. The van der Waals surface area contributed by atoms with Crippen LogP contribution in [-0.4, -0.2) is 37.1 Å². The molecule has 3 nitrogen and oxygen atoms in total. The standard InChI is InChI=1S/C22H44O3/c1-2-3-4-5-6-7-8-9-10-11-12-13-14-15-18-24-20-22-21(23)17-16-19-25-22/h21-23H,2-20H2,1H3/t21-,22+/m1/s1. The van der Waals surface area contributed by atoms with Gasteiger partial charge in [0.2, 0.25) is 0 Å². The van der Waals surface area contributed by atoms with Gasteiger partial charge in [0.05, 0.1) is 12.7 Å². The lowest BCUT2D eigenvalue weighted by Gasteiger charge is -2.27. The van der Waals surface area contributed by atoms with E-state index in [1.165, 1.54) is 83.5 Å². The number of aliphatic hydroxyl groups excluding tert-OH is 1. The second-order valence-corrected chi connectivity index (χ2v) is 7.79. The van der Waals surface area contributed by atoms with Crippen molar-refractivity contribution in [3.63, 3.8) is 0 Å². The molecule has 0 aromatic carbocycles. The number of aliphatic hydroxyl groups is 1. The molecule has 1 heterocycles. The van der Waals surface area contributed by atoms with Gasteiger partial charge in [-0.05, 0) is 19.3 Å². The Hall–Kier alpha value is -0.120. The summed E-state index contributed by atoms with van der Waals surface area (Å²) < 4.78 is 11.2. The molecule has 3 heteroatoms. The van der Waals surface area contributed by atoms with Crippen molar-refractivity contribution in [3.05, 3.63) is 0 Å². The van der Waals surface area contributed by atoms with Crippen LogP contribution in [0.5, 0.6) is 0 Å². The molecule has 0 aromatic heterocycles. The van der Waals surface area contributed by atoms with E-state index < -0.39 is 0 Å². The van der Waals surface area contributed by atoms with Crippen molar-refractivity contribution in [2.45, 2.75) is 122 Å². The summed E-state index contributed by atoms with van der Waals surface area (Å²) in [6, 6.07) is 0. The van der Waals surface area contributed by atoms with Gasteiger partial charge in [0.15, 0.2) is 0 Å². The van der Waals surface area contributed by atoms with Crippen LogP contribution in [-0.2, 0) is 9.47 Å². The molecule has 25 heavy (non-hydrogen) atoms. The summed E-state index contributed by atoms with van der Waals surface area (Å²) in [7, 11) is 0. The number of unbranched alkanes of at least 4 members (excludes halogenated alkanes) is 13. The first kappa shape index (κ1) is 22.9. The van der Waals surface area contributed by atoms with Crippen molar-refractivity contribution < 1.29 is 14.6 Å². The molecule has 1 fully saturated rings. The van der Waals surface area contributed by atoms with Crippen molar-refractivity contribution in [1.82, 2.24) is 0 Å². The first-order chi connectivity index (χ1) is 12.3. The van der Waals surface area contributed by atoms with E-state index in [0.717, 1.165) is 32.5 Å². The van der Waals surface area contributed by atoms with Gasteiger partial charge in [0, 0.05) is 13.2 Å². The molecule has 1 saturated heterocycles. The molecule has 1 rings (SSSR count). The Morgan fingerprint density at radius 2 is 1.32 bits per heavy atom. The maximum atomic E-state index is 9.79. The molecule has 1 aliphatic rings. The molecule has 2 atom stereocenters. The van der Waals surface area contributed by atoms with E-state index in [-0.39, 0.29) is 12.2 Å². The van der Waals surface area contributed by atoms with E-state index in [0.29, 0.717) is 6.61 Å². The first-order valence-corrected chi connectivity index (χ1v) is 11.2. The highest BCUT2D eigenvalue weighted by Gasteiger charge is 2.23. The predicted octanol–water partition coefficient (Wildman–Crippen LogP) is 6.02. The van der Waals surface area contributed by atoms with Crippen LogP contribution >= 0.6 is 0 Å². The van der Waals surface area contributed by atoms with Gasteiger partial charge in [-0.15, -0.1) is 0 Å². The van der Waals surface area contributed by atoms with Gasteiger partial charge >= 0.3 is 0 Å². The van der Waals surface area contributed by atoms with Gasteiger partial charge in [-0.2, -0.15) is 0 Å². The van der Waals surface area contributed by atoms with Crippen molar-refractivity contribution in [2.24, 2.45) is 0 Å². The summed E-state index contributed by atoms with van der Waals surface area (Å²) in [5.74, 6) is 0. The topological polar surface area (TPSA) is 38.7 Å². The molecule has 1 aliphatic heterocycles. The van der Waals surface area contributed by atoms with E-state index in [4.69, 9.17) is 9.47 Å². The molecule has 0 bridgehead atoms. The minimum absolute atomic E-state index is 0.0969. The third-order valence-corrected chi connectivity index (χ3v) is 5.33. The Kier molecular flexibility index (Phi) is 15.9. The van der Waals surface area contributed by atoms with Crippen LogP contribution in [0, 0.1) is 0 Å². The summed E-state index contributed by atoms with van der Waals surface area (Å²) in [6.07, 6.45) is 20.8. The SMILES string of the molecule is CCCCCCCCCCCCCCCCOC[C@@H]1OCCC[C@H]1O. The van der Waals surface area contributed by atoms with Crippen molar-refractivity contribution in [2.75, 3.05) is 19.8 Å². The summed E-state index contributed by atoms with van der Waals surface area (Å²) in [5, 5.41) is 9.79. The molecule has 0 unspecified atom stereocenters. The third kappa shape index (κ3) is 13.7. The molecular weight excluding hydrogens is 312 g/mol. The van der Waals surface area contributed by atoms with Crippen LogP contribution in [0.4, 0.5) is 0 Å². The average Bonchev–Trinajstić information content (AvgIpc) is 2.63. The normalized spacial score (nSPS) is 20.9. The van der Waals surface area contributed by atoms with Gasteiger partial charge in [-0.25, -0.2) is 0 Å². The predicted molar refractivity (Wildman–Crippen MR) is 106 cm³/mol. The highest BCUT2D eigenvalue weighted by atomic mass is 16.5. The summed E-state index contributed by atoms with van der Waals surface area (Å²) in [4.78, 5) is 0. The van der Waals surface area contributed by atoms with E-state index in [1.54, 1.807) is 0 Å². The van der Waals surface area contributed by atoms with Crippen molar-refractivity contribution in [3.8, 4) is 0 Å². The van der Waals surface area contributed by atoms with Crippen LogP contribution in [0.25, 0.3) is 0 Å². The van der Waals surface area contributed by atoms with E-state index in [1.807, 2.05) is 0 Å². The van der Waals surface area contributed by atoms with E-state index >= 15 is 0 Å². The number of rotatable bonds is 17. The van der Waals surface area contributed by atoms with Crippen molar-refractivity contribution in [1.29, 1.82) is 0 Å². The van der Waals surface area contributed by atoms with Gasteiger partial charge in [-0.1, -0.05) is 90.4 Å². The summed E-state index contributed by atoms with van der Waals surface area (Å²) in [5.41, 5.74) is 0. The molecular formula is C22H44O3. The largest absolute Gasteiger partial charge is 0.390 e. The Morgan fingerprint density at radius 1 is 0.800 bits per heavy atom. The Bertz CT molecular complexity index is 270. The van der Waals surface area contributed by atoms with Crippen molar-refractivity contribution >= 4 is 0 Å². The van der Waals surface area contributed by atoms with E-state index in [9.17, 15) is 5.11 Å². The van der Waals surface area contributed by atoms with Crippen LogP contribution in [0.15, 0.2) is 0 Å². The monoisotopic (exact) mass is 356 g/mol. The summed E-state index contributed by atoms with van der Waals surface area (Å²) >= 11 is 0. The fraction of sp³-hybridized carbons (Fsp3) is 1.00. The maximum Gasteiger partial charge on any atom is 0.107 e. The number of ether oxygens (including phenoxy) is 2. The maximum absolute atomic E-state index is 9.79. The quantitative estimate of drug-likeness (QED) is 0.324. The molecule has 0 aromatic rings. The van der Waals surface area contributed by atoms with Crippen LogP contribution < -0.4 is 0 Å². The molecule has 1 N–H and O–H groups in total. The lowest BCUT2D eigenvalue weighted by Crippen LogP contribution is -2.37. The Morgan fingerprint density at radius 3 is 1.84 bits per heavy atom. The molecule has 0 amide bonds. The fourth-order valence-electron chi connectivity index (χ4n) is 3.58. The molecule has 0 aliphatic carbocycles. The Labute approximate surface area is 156 Å². The van der Waals surface area contributed by atoms with Gasteiger partial charge in [0.25, 0.3) is 0 Å². The van der Waals surface area contributed by atoms with Gasteiger partial charge < -0.3 is 14.6 Å². The average molecular weight is 357 g/mol. The smallest absolute Gasteiger partial charge is 0.107 e. The molecule has 150 valence electrons. The first-order valence-electron chi connectivity index (χ1n) is 11.2. The lowest BCUT2D eigenvalue weighted by atomic mass is 10.0. The third-order valence-electron chi connectivity index (χ3n) is 5.33. The number of hydrogen-bond donors (Lipinski definition) is 1. The van der Waals surface area contributed by atoms with Gasteiger partial charge in [-0.3, -0.25) is 0 Å². The Balaban J connectivity index is 1.70. The minimum Gasteiger partial charge on any atom is -0.390 e. The van der Waals surface area contributed by atoms with Gasteiger partial charge in [0.1, 0.15) is 6.10 Å². The minimum atomic E-state index is -0.329. The second kappa shape index (κ2) is 17.3. The fourth-order valence-corrected chi connectivity index (χ4v) is 3.58. The van der Waals surface area contributed by atoms with Crippen LogP contribution in [0.2, 0.25) is 0 Å². The van der Waals surface area contributed by atoms with E-state index in [2.05, 4.69) is 6.92 Å². The zero-order valence-electron chi connectivity index (χ0n) is 16.9. The lowest BCUT2D eigenvalue weighted by molar-refractivity contribution is -0.107. The molecule has 0 radical (unpaired) electrons. The number of hydrogen-bond acceptors (Lipinski definition) is 3. The highest BCUT2D eigenvalue weighted by Crippen LogP contribution is 2.15. The zero-order chi connectivity index (χ0) is 18.0. The van der Waals surface area contributed by atoms with Crippen LogP contribution in [0.3, 0.4) is 0 Å². The zero-order valence-corrected chi connectivity index (χ0v) is 16.9. The molecule has 0 spiro atoms. The summed E-state index contributed by atoms with van der Waals surface area (Å²) in [6.45, 7) is 4.42. The van der Waals surface area contributed by atoms with Crippen LogP contribution in [0.1, 0.15) is 110 Å². The highest BCUT2D eigenvalue weighted by molar-refractivity contribution is 4.72. The second-order valence-electron chi connectivity index (χ2n) is 7.79.